The zero-order valence-electron chi connectivity index (χ0n) is 8.88. The Morgan fingerprint density at radius 3 is 2.82 bits per heavy atom. The van der Waals surface area contributed by atoms with Crippen LogP contribution in [-0.2, 0) is 6.42 Å². The van der Waals surface area contributed by atoms with E-state index in [1.54, 1.807) is 6.92 Å². The van der Waals surface area contributed by atoms with Crippen molar-refractivity contribution in [2.24, 2.45) is 0 Å². The van der Waals surface area contributed by atoms with Crippen molar-refractivity contribution >= 4 is 22.9 Å². The molecule has 17 heavy (non-hydrogen) atoms. The summed E-state index contributed by atoms with van der Waals surface area (Å²) in [6, 6.07) is 2.68. The van der Waals surface area contributed by atoms with E-state index in [0.717, 1.165) is 10.6 Å². The molecule has 6 nitrogen and oxygen atoms in total. The van der Waals surface area contributed by atoms with E-state index in [4.69, 9.17) is 11.6 Å². The van der Waals surface area contributed by atoms with Gasteiger partial charge in [0, 0.05) is 6.07 Å². The highest BCUT2D eigenvalue weighted by atomic mass is 35.5. The molecule has 2 heterocycles. The molecule has 0 fully saturated rings. The summed E-state index contributed by atoms with van der Waals surface area (Å²) in [5.41, 5.74) is 0.115. The van der Waals surface area contributed by atoms with Gasteiger partial charge in [-0.15, -0.1) is 0 Å². The van der Waals surface area contributed by atoms with Gasteiger partial charge in [0.1, 0.15) is 10.8 Å². The molecule has 0 atom stereocenters. The molecular weight excluding hydrogens is 246 g/mol. The minimum absolute atomic E-state index is 0.145. The van der Waals surface area contributed by atoms with Crippen LogP contribution in [0.2, 0.25) is 5.15 Å². The summed E-state index contributed by atoms with van der Waals surface area (Å²) in [5.74, 6) is 0. The standard InChI is InChI=1S/C10H8ClN3O3/c1-2-7-9(11)12-8-4-3-6(14(16)17)5-13(8)10(7)15/h3-5H,2H2,1H3. The second kappa shape index (κ2) is 4.14. The zero-order chi connectivity index (χ0) is 12.6. The van der Waals surface area contributed by atoms with Crippen LogP contribution in [-0.4, -0.2) is 14.3 Å². The van der Waals surface area contributed by atoms with Crippen molar-refractivity contribution in [3.8, 4) is 0 Å². The van der Waals surface area contributed by atoms with Gasteiger partial charge in [0.2, 0.25) is 0 Å². The van der Waals surface area contributed by atoms with Crippen LogP contribution in [0.25, 0.3) is 5.65 Å². The lowest BCUT2D eigenvalue weighted by atomic mass is 10.2. The average Bonchev–Trinajstić information content (AvgIpc) is 2.29. The first-order chi connectivity index (χ1) is 8.04. The Labute approximate surface area is 101 Å². The van der Waals surface area contributed by atoms with Crippen LogP contribution in [0.3, 0.4) is 0 Å². The second-order valence-electron chi connectivity index (χ2n) is 3.41. The molecule has 0 aliphatic rings. The van der Waals surface area contributed by atoms with Gasteiger partial charge in [-0.3, -0.25) is 19.3 Å². The first kappa shape index (κ1) is 11.5. The number of nitro groups is 1. The Bertz CT molecular complexity index is 666. The Hall–Kier alpha value is -1.95. The van der Waals surface area contributed by atoms with Crippen LogP contribution in [0.5, 0.6) is 0 Å². The normalized spacial score (nSPS) is 10.7. The molecule has 0 saturated carbocycles. The molecule has 2 rings (SSSR count). The first-order valence-electron chi connectivity index (χ1n) is 4.89. The highest BCUT2D eigenvalue weighted by Crippen LogP contribution is 2.14. The number of hydrogen-bond donors (Lipinski definition) is 0. The number of halogens is 1. The van der Waals surface area contributed by atoms with Gasteiger partial charge in [0.05, 0.1) is 16.7 Å². The highest BCUT2D eigenvalue weighted by Gasteiger charge is 2.12. The van der Waals surface area contributed by atoms with Crippen molar-refractivity contribution in [1.82, 2.24) is 9.38 Å². The summed E-state index contributed by atoms with van der Waals surface area (Å²) in [6.07, 6.45) is 1.58. The van der Waals surface area contributed by atoms with Gasteiger partial charge in [0.25, 0.3) is 11.2 Å². The summed E-state index contributed by atoms with van der Waals surface area (Å²) in [7, 11) is 0. The Morgan fingerprint density at radius 1 is 1.53 bits per heavy atom. The molecule has 0 N–H and O–H groups in total. The van der Waals surface area contributed by atoms with E-state index in [9.17, 15) is 14.9 Å². The molecule has 2 aromatic rings. The average molecular weight is 254 g/mol. The summed E-state index contributed by atoms with van der Waals surface area (Å²) in [4.78, 5) is 26.0. The molecule has 7 heteroatoms. The lowest BCUT2D eigenvalue weighted by Gasteiger charge is -2.04. The van der Waals surface area contributed by atoms with Gasteiger partial charge in [-0.2, -0.15) is 0 Å². The predicted octanol–water partition coefficient (Wildman–Crippen LogP) is 1.82. The third kappa shape index (κ3) is 1.87. The van der Waals surface area contributed by atoms with Crippen LogP contribution in [0.1, 0.15) is 12.5 Å². The third-order valence-corrected chi connectivity index (χ3v) is 2.73. The van der Waals surface area contributed by atoms with Crippen molar-refractivity contribution in [1.29, 1.82) is 0 Å². The molecule has 0 aromatic carbocycles. The minimum atomic E-state index is -0.563. The van der Waals surface area contributed by atoms with Gasteiger partial charge >= 0.3 is 0 Å². The van der Waals surface area contributed by atoms with Crippen molar-refractivity contribution < 1.29 is 4.92 Å². The van der Waals surface area contributed by atoms with Gasteiger partial charge in [-0.25, -0.2) is 4.98 Å². The van der Waals surface area contributed by atoms with E-state index in [2.05, 4.69) is 4.98 Å². The van der Waals surface area contributed by atoms with Crippen molar-refractivity contribution in [3.63, 3.8) is 0 Å². The zero-order valence-corrected chi connectivity index (χ0v) is 9.64. The van der Waals surface area contributed by atoms with E-state index in [1.807, 2.05) is 0 Å². The number of fused-ring (bicyclic) bond motifs is 1. The Balaban J connectivity index is 2.85. The van der Waals surface area contributed by atoms with Gasteiger partial charge in [-0.05, 0) is 12.5 Å². The second-order valence-corrected chi connectivity index (χ2v) is 3.77. The summed E-state index contributed by atoms with van der Waals surface area (Å²) in [5, 5.41) is 10.8. The van der Waals surface area contributed by atoms with Gasteiger partial charge < -0.3 is 0 Å². The Kier molecular flexibility index (Phi) is 2.81. The van der Waals surface area contributed by atoms with Crippen molar-refractivity contribution in [3.05, 3.63) is 49.5 Å². The van der Waals surface area contributed by atoms with Crippen LogP contribution in [0.15, 0.2) is 23.1 Å². The highest BCUT2D eigenvalue weighted by molar-refractivity contribution is 6.30. The first-order valence-corrected chi connectivity index (χ1v) is 5.27. The molecule has 0 bridgehead atoms. The largest absolute Gasteiger partial charge is 0.286 e. The third-order valence-electron chi connectivity index (χ3n) is 2.41. The minimum Gasteiger partial charge on any atom is -0.269 e. The molecule has 0 amide bonds. The maximum Gasteiger partial charge on any atom is 0.286 e. The molecule has 0 saturated heterocycles. The number of rotatable bonds is 2. The molecule has 88 valence electrons. The molecular formula is C10H8ClN3O3. The summed E-state index contributed by atoms with van der Waals surface area (Å²) in [6.45, 7) is 1.77. The summed E-state index contributed by atoms with van der Waals surface area (Å²) < 4.78 is 1.14. The molecule has 2 aromatic heterocycles. The number of nitrogens with zero attached hydrogens (tertiary/aromatic N) is 3. The molecule has 0 unspecified atom stereocenters. The number of aromatic nitrogens is 2. The lowest BCUT2D eigenvalue weighted by molar-refractivity contribution is -0.385. The van der Waals surface area contributed by atoms with Crippen molar-refractivity contribution in [2.75, 3.05) is 0 Å². The quantitative estimate of drug-likeness (QED) is 0.465. The molecule has 0 aliphatic heterocycles. The van der Waals surface area contributed by atoms with Gasteiger partial charge in [0.15, 0.2) is 0 Å². The van der Waals surface area contributed by atoms with E-state index in [0.29, 0.717) is 17.6 Å². The fraction of sp³-hybridized carbons (Fsp3) is 0.200. The van der Waals surface area contributed by atoms with E-state index in [1.165, 1.54) is 12.1 Å². The van der Waals surface area contributed by atoms with Crippen molar-refractivity contribution in [2.45, 2.75) is 13.3 Å². The topological polar surface area (TPSA) is 77.5 Å². The predicted molar refractivity (Wildman–Crippen MR) is 62.5 cm³/mol. The van der Waals surface area contributed by atoms with E-state index in [-0.39, 0.29) is 16.4 Å². The van der Waals surface area contributed by atoms with E-state index >= 15 is 0 Å². The smallest absolute Gasteiger partial charge is 0.269 e. The van der Waals surface area contributed by atoms with E-state index < -0.39 is 4.92 Å². The maximum absolute atomic E-state index is 12.0. The fourth-order valence-corrected chi connectivity index (χ4v) is 1.84. The number of hydrogen-bond acceptors (Lipinski definition) is 4. The lowest BCUT2D eigenvalue weighted by Crippen LogP contribution is -2.20. The van der Waals surface area contributed by atoms with Crippen LogP contribution < -0.4 is 5.56 Å². The summed E-state index contributed by atoms with van der Waals surface area (Å²) >= 11 is 5.85. The maximum atomic E-state index is 12.0. The van der Waals surface area contributed by atoms with Gasteiger partial charge in [-0.1, -0.05) is 18.5 Å². The van der Waals surface area contributed by atoms with Crippen LogP contribution in [0.4, 0.5) is 5.69 Å². The number of pyridine rings is 1. The molecule has 0 radical (unpaired) electrons. The molecule has 0 spiro atoms. The SMILES string of the molecule is CCc1c(Cl)nc2ccc([N+](=O)[O-])cn2c1=O. The van der Waals surface area contributed by atoms with Crippen LogP contribution >= 0.6 is 11.6 Å². The Morgan fingerprint density at radius 2 is 2.24 bits per heavy atom. The van der Waals surface area contributed by atoms with Crippen LogP contribution in [0, 0.1) is 10.1 Å². The fourth-order valence-electron chi connectivity index (χ4n) is 1.54. The molecule has 0 aliphatic carbocycles. The monoisotopic (exact) mass is 253 g/mol.